The van der Waals surface area contributed by atoms with Crippen molar-refractivity contribution in [3.8, 4) is 5.75 Å². The van der Waals surface area contributed by atoms with Gasteiger partial charge in [-0.2, -0.15) is 0 Å². The fraction of sp³-hybridized carbons (Fsp3) is 0.318. The molecule has 2 aromatic carbocycles. The van der Waals surface area contributed by atoms with E-state index in [1.165, 1.54) is 26.3 Å². The van der Waals surface area contributed by atoms with Crippen LogP contribution in [0.15, 0.2) is 53.4 Å². The highest BCUT2D eigenvalue weighted by molar-refractivity contribution is 7.89. The zero-order chi connectivity index (χ0) is 22.4. The highest BCUT2D eigenvalue weighted by atomic mass is 35.5. The molecule has 0 aliphatic carbocycles. The third-order valence-electron chi connectivity index (χ3n) is 5.20. The van der Waals surface area contributed by atoms with Gasteiger partial charge in [0.25, 0.3) is 0 Å². The normalized spacial score (nSPS) is 15.3. The standard InChI is InChI=1S/C22H26ClN3O4S/c1-24-31(28,29)21-15-16(7-9-20(21)30-2)8-10-22(27)26-13-11-17(12-14-26)25-19-6-4-3-5-18(19)23/h3-10,15,17,24-25H,11-14H2,1-2H3/b10-8-. The Balaban J connectivity index is 1.61. The summed E-state index contributed by atoms with van der Waals surface area (Å²) in [6.07, 6.45) is 4.72. The molecule has 0 bridgehead atoms. The first-order chi connectivity index (χ1) is 14.8. The van der Waals surface area contributed by atoms with Crippen LogP contribution >= 0.6 is 11.6 Å². The van der Waals surface area contributed by atoms with Gasteiger partial charge in [-0.15, -0.1) is 0 Å². The number of benzene rings is 2. The molecule has 1 saturated heterocycles. The number of rotatable bonds is 7. The van der Waals surface area contributed by atoms with E-state index in [0.717, 1.165) is 18.5 Å². The molecule has 0 unspecified atom stereocenters. The van der Waals surface area contributed by atoms with Gasteiger partial charge in [0.15, 0.2) is 0 Å². The van der Waals surface area contributed by atoms with Crippen molar-refractivity contribution in [3.63, 3.8) is 0 Å². The Morgan fingerprint density at radius 2 is 1.90 bits per heavy atom. The number of anilines is 1. The number of sulfonamides is 1. The second-order valence-electron chi connectivity index (χ2n) is 7.17. The number of amides is 1. The van der Waals surface area contributed by atoms with Crippen LogP contribution < -0.4 is 14.8 Å². The van der Waals surface area contributed by atoms with Gasteiger partial charge >= 0.3 is 0 Å². The van der Waals surface area contributed by atoms with Gasteiger partial charge in [0.1, 0.15) is 10.6 Å². The maximum absolute atomic E-state index is 12.6. The van der Waals surface area contributed by atoms with Gasteiger partial charge in [-0.3, -0.25) is 4.79 Å². The molecule has 2 N–H and O–H groups in total. The SMILES string of the molecule is CNS(=O)(=O)c1cc(/C=C\C(=O)N2CCC(Nc3ccccc3Cl)CC2)ccc1OC. The van der Waals surface area contributed by atoms with E-state index in [1.54, 1.807) is 23.1 Å². The zero-order valence-electron chi connectivity index (χ0n) is 17.5. The highest BCUT2D eigenvalue weighted by Gasteiger charge is 2.22. The van der Waals surface area contributed by atoms with Crippen LogP contribution in [-0.4, -0.2) is 52.5 Å². The third-order valence-corrected chi connectivity index (χ3v) is 6.97. The van der Waals surface area contributed by atoms with Crippen molar-refractivity contribution >= 4 is 39.3 Å². The van der Waals surface area contributed by atoms with Gasteiger partial charge < -0.3 is 15.0 Å². The maximum atomic E-state index is 12.6. The summed E-state index contributed by atoms with van der Waals surface area (Å²) < 4.78 is 31.8. The first-order valence-electron chi connectivity index (χ1n) is 9.93. The Labute approximate surface area is 188 Å². The smallest absolute Gasteiger partial charge is 0.246 e. The Morgan fingerprint density at radius 3 is 2.55 bits per heavy atom. The quantitative estimate of drug-likeness (QED) is 0.614. The van der Waals surface area contributed by atoms with Crippen LogP contribution in [0.4, 0.5) is 5.69 Å². The van der Waals surface area contributed by atoms with Crippen molar-refractivity contribution in [2.24, 2.45) is 0 Å². The molecule has 0 saturated carbocycles. The van der Waals surface area contributed by atoms with Crippen LogP contribution in [0.1, 0.15) is 18.4 Å². The van der Waals surface area contributed by atoms with Crippen molar-refractivity contribution in [1.29, 1.82) is 0 Å². The average molecular weight is 464 g/mol. The fourth-order valence-electron chi connectivity index (χ4n) is 3.43. The lowest BCUT2D eigenvalue weighted by Gasteiger charge is -2.32. The van der Waals surface area contributed by atoms with Gasteiger partial charge in [-0.25, -0.2) is 13.1 Å². The molecule has 1 fully saturated rings. The summed E-state index contributed by atoms with van der Waals surface area (Å²) >= 11 is 6.20. The third kappa shape index (κ3) is 5.78. The molecule has 7 nitrogen and oxygen atoms in total. The number of halogens is 1. The molecule has 2 aromatic rings. The summed E-state index contributed by atoms with van der Waals surface area (Å²) in [4.78, 5) is 14.4. The minimum absolute atomic E-state index is 0.0264. The molecule has 0 aromatic heterocycles. The number of carbonyl (C=O) groups excluding carboxylic acids is 1. The number of hydrogen-bond acceptors (Lipinski definition) is 5. The molecule has 0 radical (unpaired) electrons. The van der Waals surface area contributed by atoms with Gasteiger partial charge in [0, 0.05) is 25.2 Å². The average Bonchev–Trinajstić information content (AvgIpc) is 2.79. The number of methoxy groups -OCH3 is 1. The Morgan fingerprint density at radius 1 is 1.19 bits per heavy atom. The minimum Gasteiger partial charge on any atom is -0.495 e. The van der Waals surface area contributed by atoms with E-state index < -0.39 is 10.0 Å². The second kappa shape index (κ2) is 10.2. The molecule has 31 heavy (non-hydrogen) atoms. The van der Waals surface area contributed by atoms with E-state index in [4.69, 9.17) is 16.3 Å². The summed E-state index contributed by atoms with van der Waals surface area (Å²) in [7, 11) is -0.930. The number of likely N-dealkylation sites (tertiary alicyclic amines) is 1. The summed E-state index contributed by atoms with van der Waals surface area (Å²) in [6.45, 7) is 1.26. The van der Waals surface area contributed by atoms with Crippen molar-refractivity contribution in [2.75, 3.05) is 32.6 Å². The molecule has 166 valence electrons. The van der Waals surface area contributed by atoms with E-state index in [2.05, 4.69) is 10.0 Å². The zero-order valence-corrected chi connectivity index (χ0v) is 19.0. The van der Waals surface area contributed by atoms with Crippen LogP contribution in [0.2, 0.25) is 5.02 Å². The molecule has 3 rings (SSSR count). The van der Waals surface area contributed by atoms with E-state index in [9.17, 15) is 13.2 Å². The predicted molar refractivity (Wildman–Crippen MR) is 123 cm³/mol. The number of para-hydroxylation sites is 1. The molecular weight excluding hydrogens is 438 g/mol. The van der Waals surface area contributed by atoms with Crippen LogP contribution in [0.3, 0.4) is 0 Å². The lowest BCUT2D eigenvalue weighted by atomic mass is 10.0. The number of nitrogens with one attached hydrogen (secondary N) is 2. The van der Waals surface area contributed by atoms with Crippen LogP contribution in [0.5, 0.6) is 5.75 Å². The molecule has 1 heterocycles. The molecule has 1 amide bonds. The van der Waals surface area contributed by atoms with Crippen LogP contribution in [0, 0.1) is 0 Å². The molecule has 1 aliphatic rings. The van der Waals surface area contributed by atoms with E-state index in [1.807, 2.05) is 24.3 Å². The highest BCUT2D eigenvalue weighted by Crippen LogP contribution is 2.26. The van der Waals surface area contributed by atoms with Gasteiger partial charge in [-0.1, -0.05) is 29.8 Å². The van der Waals surface area contributed by atoms with E-state index >= 15 is 0 Å². The molecule has 9 heteroatoms. The van der Waals surface area contributed by atoms with Gasteiger partial charge in [-0.05, 0) is 55.8 Å². The van der Waals surface area contributed by atoms with E-state index in [-0.39, 0.29) is 22.6 Å². The van der Waals surface area contributed by atoms with Gasteiger partial charge in [0.2, 0.25) is 15.9 Å². The molecular formula is C22H26ClN3O4S. The topological polar surface area (TPSA) is 87.7 Å². The lowest BCUT2D eigenvalue weighted by Crippen LogP contribution is -2.41. The van der Waals surface area contributed by atoms with Crippen LogP contribution in [0.25, 0.3) is 6.08 Å². The summed E-state index contributed by atoms with van der Waals surface area (Å²) in [6, 6.07) is 12.6. The van der Waals surface area contributed by atoms with E-state index in [0.29, 0.717) is 23.7 Å². The number of nitrogens with zero attached hydrogens (tertiary/aromatic N) is 1. The van der Waals surface area contributed by atoms with Crippen molar-refractivity contribution in [3.05, 3.63) is 59.1 Å². The monoisotopic (exact) mass is 463 g/mol. The minimum atomic E-state index is -3.68. The molecule has 0 spiro atoms. The fourth-order valence-corrected chi connectivity index (χ4v) is 4.55. The predicted octanol–water partition coefficient (Wildman–Crippen LogP) is 3.37. The Kier molecular flexibility index (Phi) is 7.59. The largest absolute Gasteiger partial charge is 0.495 e. The second-order valence-corrected chi connectivity index (χ2v) is 9.44. The Bertz CT molecular complexity index is 1060. The van der Waals surface area contributed by atoms with Crippen LogP contribution in [-0.2, 0) is 14.8 Å². The summed E-state index contributed by atoms with van der Waals surface area (Å²) in [5, 5.41) is 4.12. The number of piperidine rings is 1. The van der Waals surface area contributed by atoms with Gasteiger partial charge in [0.05, 0.1) is 17.8 Å². The summed E-state index contributed by atoms with van der Waals surface area (Å²) in [5.74, 6) is 0.135. The molecule has 0 atom stereocenters. The Hall–Kier alpha value is -2.55. The number of hydrogen-bond donors (Lipinski definition) is 2. The lowest BCUT2D eigenvalue weighted by molar-refractivity contribution is -0.126. The molecule has 1 aliphatic heterocycles. The van der Waals surface area contributed by atoms with Crippen molar-refractivity contribution in [2.45, 2.75) is 23.8 Å². The number of carbonyl (C=O) groups is 1. The first kappa shape index (κ1) is 23.1. The maximum Gasteiger partial charge on any atom is 0.246 e. The van der Waals surface area contributed by atoms with Crippen molar-refractivity contribution in [1.82, 2.24) is 9.62 Å². The number of ether oxygens (including phenoxy) is 1. The van der Waals surface area contributed by atoms with Crippen molar-refractivity contribution < 1.29 is 17.9 Å². The first-order valence-corrected chi connectivity index (χ1v) is 11.8. The summed E-state index contributed by atoms with van der Waals surface area (Å²) in [5.41, 5.74) is 1.50.